The molecule has 3 heterocycles. The molecule has 1 amide bonds. The van der Waals surface area contributed by atoms with Gasteiger partial charge in [-0.15, -0.1) is 0 Å². The second-order valence-corrected chi connectivity index (χ2v) is 9.60. The normalized spacial score (nSPS) is 18.2. The smallest absolute Gasteiger partial charge is 0.243 e. The first-order valence-corrected chi connectivity index (χ1v) is 11.9. The number of nitrogens with one attached hydrogen (secondary N) is 1. The molecule has 0 radical (unpaired) electrons. The van der Waals surface area contributed by atoms with Gasteiger partial charge in [0.25, 0.3) is 0 Å². The Bertz CT molecular complexity index is 1260. The minimum absolute atomic E-state index is 0.00666. The fourth-order valence-electron chi connectivity index (χ4n) is 4.49. The Labute approximate surface area is 213 Å². The number of hydrogen-bond acceptors (Lipinski definition) is 7. The average Bonchev–Trinajstić information content (AvgIpc) is 3.30. The predicted octanol–water partition coefficient (Wildman–Crippen LogP) is 4.61. The van der Waals surface area contributed by atoms with Crippen LogP contribution in [0.1, 0.15) is 37.4 Å². The molecule has 4 rings (SSSR count). The second-order valence-electron chi connectivity index (χ2n) is 9.22. The summed E-state index contributed by atoms with van der Waals surface area (Å²) < 4.78 is 37.5. The molecule has 8 nitrogen and oxygen atoms in total. The van der Waals surface area contributed by atoms with Crippen LogP contribution in [0, 0.1) is 11.7 Å². The minimum Gasteiger partial charge on any atom is -0.495 e. The lowest BCUT2D eigenvalue weighted by atomic mass is 9.83. The van der Waals surface area contributed by atoms with E-state index in [-0.39, 0.29) is 45.8 Å². The molecule has 1 N–H and O–H groups in total. The first-order valence-electron chi connectivity index (χ1n) is 11.6. The molecule has 3 aromatic rings. The molecule has 1 aliphatic heterocycles. The summed E-state index contributed by atoms with van der Waals surface area (Å²) in [5.74, 6) is -0.215. The van der Waals surface area contributed by atoms with Crippen LogP contribution in [0.15, 0.2) is 35.4 Å². The molecule has 0 spiro atoms. The highest BCUT2D eigenvalue weighted by Crippen LogP contribution is 2.45. The van der Waals surface area contributed by atoms with Crippen LogP contribution in [0.4, 0.5) is 4.39 Å². The molecule has 0 aliphatic carbocycles. The number of aromatic nitrogens is 2. The van der Waals surface area contributed by atoms with Crippen molar-refractivity contribution in [2.24, 2.45) is 5.92 Å². The maximum atomic E-state index is 15.4. The third-order valence-electron chi connectivity index (χ3n) is 6.52. The Morgan fingerprint density at radius 3 is 2.78 bits per heavy atom. The molecule has 1 fully saturated rings. The zero-order valence-electron chi connectivity index (χ0n) is 20.7. The SMILES string of the molecule is C=CC(=O)NC1CCOCC1Cc1cc2nc(C(C)(C)c3c(F)c(OC)cc(OC)c3Cl)oc2cn1. The topological polar surface area (TPSA) is 95.7 Å². The van der Waals surface area contributed by atoms with Gasteiger partial charge in [0.05, 0.1) is 37.5 Å². The number of ether oxygens (including phenoxy) is 3. The number of nitrogens with zero attached hydrogens (tertiary/aromatic N) is 2. The van der Waals surface area contributed by atoms with Crippen molar-refractivity contribution in [3.8, 4) is 11.5 Å². The van der Waals surface area contributed by atoms with Crippen molar-refractivity contribution in [1.29, 1.82) is 0 Å². The molecular weight excluding hydrogens is 489 g/mol. The van der Waals surface area contributed by atoms with Crippen LogP contribution < -0.4 is 14.8 Å². The fraction of sp³-hybridized carbons (Fsp3) is 0.423. The van der Waals surface area contributed by atoms with Crippen molar-refractivity contribution >= 4 is 28.6 Å². The summed E-state index contributed by atoms with van der Waals surface area (Å²) in [6.45, 7) is 8.15. The average molecular weight is 518 g/mol. The molecule has 2 atom stereocenters. The number of oxazole rings is 1. The van der Waals surface area contributed by atoms with E-state index < -0.39 is 11.2 Å². The Morgan fingerprint density at radius 1 is 1.33 bits per heavy atom. The molecule has 1 aromatic carbocycles. The van der Waals surface area contributed by atoms with Crippen LogP contribution in [0.2, 0.25) is 5.02 Å². The van der Waals surface area contributed by atoms with Gasteiger partial charge in [-0.1, -0.05) is 18.2 Å². The third kappa shape index (κ3) is 4.90. The summed E-state index contributed by atoms with van der Waals surface area (Å²) >= 11 is 6.52. The van der Waals surface area contributed by atoms with Crippen LogP contribution in [0.5, 0.6) is 11.5 Å². The lowest BCUT2D eigenvalue weighted by Crippen LogP contribution is -2.45. The van der Waals surface area contributed by atoms with Gasteiger partial charge in [-0.05, 0) is 38.8 Å². The monoisotopic (exact) mass is 517 g/mol. The highest BCUT2D eigenvalue weighted by atomic mass is 35.5. The van der Waals surface area contributed by atoms with Gasteiger partial charge < -0.3 is 23.9 Å². The van der Waals surface area contributed by atoms with Gasteiger partial charge in [-0.2, -0.15) is 0 Å². The first-order chi connectivity index (χ1) is 17.2. The van der Waals surface area contributed by atoms with Gasteiger partial charge in [0.1, 0.15) is 11.3 Å². The molecule has 2 unspecified atom stereocenters. The molecule has 2 aromatic heterocycles. The number of methoxy groups -OCH3 is 2. The maximum absolute atomic E-state index is 15.4. The predicted molar refractivity (Wildman–Crippen MR) is 133 cm³/mol. The van der Waals surface area contributed by atoms with Crippen LogP contribution >= 0.6 is 11.6 Å². The zero-order chi connectivity index (χ0) is 26.0. The molecule has 192 valence electrons. The lowest BCUT2D eigenvalue weighted by Gasteiger charge is -2.31. The molecular formula is C26H29ClFN3O5. The number of halogens is 2. The van der Waals surface area contributed by atoms with Crippen molar-refractivity contribution in [3.63, 3.8) is 0 Å². The van der Waals surface area contributed by atoms with E-state index >= 15 is 4.39 Å². The summed E-state index contributed by atoms with van der Waals surface area (Å²) in [6, 6.07) is 3.20. The summed E-state index contributed by atoms with van der Waals surface area (Å²) in [7, 11) is 2.83. The van der Waals surface area contributed by atoms with Gasteiger partial charge >= 0.3 is 0 Å². The first kappa shape index (κ1) is 25.9. The highest BCUT2D eigenvalue weighted by molar-refractivity contribution is 6.33. The van der Waals surface area contributed by atoms with E-state index in [0.717, 1.165) is 5.69 Å². The Hall–Kier alpha value is -3.17. The largest absolute Gasteiger partial charge is 0.495 e. The van der Waals surface area contributed by atoms with Crippen LogP contribution in [0.3, 0.4) is 0 Å². The molecule has 10 heteroatoms. The number of fused-ring (bicyclic) bond motifs is 1. The van der Waals surface area contributed by atoms with E-state index in [0.29, 0.717) is 37.2 Å². The molecule has 36 heavy (non-hydrogen) atoms. The molecule has 1 aliphatic rings. The third-order valence-corrected chi connectivity index (χ3v) is 6.90. The van der Waals surface area contributed by atoms with E-state index in [4.69, 9.17) is 30.2 Å². The van der Waals surface area contributed by atoms with Crippen molar-refractivity contribution in [2.45, 2.75) is 38.1 Å². The van der Waals surface area contributed by atoms with Crippen molar-refractivity contribution in [1.82, 2.24) is 15.3 Å². The standard InChI is InChI=1S/C26H29ClFN3O5/c1-6-21(32)30-16-7-8-35-13-14(16)9-15-10-17-20(12-29-15)36-25(31-17)26(2,3)22-23(27)18(33-4)11-19(34-5)24(22)28/h6,10-12,14,16H,1,7-9,13H2,2-5H3,(H,30,32). The van der Waals surface area contributed by atoms with E-state index in [1.165, 1.54) is 26.4 Å². The van der Waals surface area contributed by atoms with E-state index in [9.17, 15) is 4.79 Å². The summed E-state index contributed by atoms with van der Waals surface area (Å²) in [6.07, 6.45) is 4.16. The van der Waals surface area contributed by atoms with Crippen molar-refractivity contribution < 1.29 is 27.8 Å². The van der Waals surface area contributed by atoms with Gasteiger partial charge in [0, 0.05) is 35.9 Å². The van der Waals surface area contributed by atoms with Gasteiger partial charge in [0.2, 0.25) is 11.8 Å². The summed E-state index contributed by atoms with van der Waals surface area (Å²) in [5, 5.41) is 3.10. The summed E-state index contributed by atoms with van der Waals surface area (Å²) in [5.41, 5.74) is 0.919. The van der Waals surface area contributed by atoms with Crippen LogP contribution in [-0.4, -0.2) is 49.4 Å². The van der Waals surface area contributed by atoms with Crippen LogP contribution in [-0.2, 0) is 21.4 Å². The zero-order valence-corrected chi connectivity index (χ0v) is 21.4. The summed E-state index contributed by atoms with van der Waals surface area (Å²) in [4.78, 5) is 21.0. The van der Waals surface area contributed by atoms with E-state index in [2.05, 4.69) is 21.9 Å². The van der Waals surface area contributed by atoms with Crippen LogP contribution in [0.25, 0.3) is 11.1 Å². The fourth-order valence-corrected chi connectivity index (χ4v) is 4.95. The number of hydrogen-bond donors (Lipinski definition) is 1. The molecule has 1 saturated heterocycles. The Balaban J connectivity index is 1.66. The van der Waals surface area contributed by atoms with Crippen molar-refractivity contribution in [2.75, 3.05) is 27.4 Å². The lowest BCUT2D eigenvalue weighted by molar-refractivity contribution is -0.118. The Morgan fingerprint density at radius 2 is 2.08 bits per heavy atom. The second kappa shape index (κ2) is 10.4. The number of amides is 1. The quantitative estimate of drug-likeness (QED) is 0.436. The van der Waals surface area contributed by atoms with E-state index in [1.807, 2.05) is 6.07 Å². The maximum Gasteiger partial charge on any atom is 0.243 e. The van der Waals surface area contributed by atoms with E-state index in [1.54, 1.807) is 20.0 Å². The number of rotatable bonds is 8. The number of benzene rings is 1. The molecule has 0 bridgehead atoms. The molecule has 0 saturated carbocycles. The van der Waals surface area contributed by atoms with Crippen molar-refractivity contribution in [3.05, 3.63) is 59.0 Å². The number of carbonyl (C=O) groups excluding carboxylic acids is 1. The number of carbonyl (C=O) groups is 1. The van der Waals surface area contributed by atoms with Gasteiger partial charge in [-0.25, -0.2) is 9.37 Å². The number of pyridine rings is 1. The Kier molecular flexibility index (Phi) is 7.51. The highest BCUT2D eigenvalue weighted by Gasteiger charge is 2.37. The van der Waals surface area contributed by atoms with Gasteiger partial charge in [0.15, 0.2) is 17.1 Å². The van der Waals surface area contributed by atoms with Gasteiger partial charge in [-0.3, -0.25) is 9.78 Å². The minimum atomic E-state index is -1.06.